The Hall–Kier alpha value is -1.59. The molecule has 0 amide bonds. The molecule has 0 spiro atoms. The van der Waals surface area contributed by atoms with Gasteiger partial charge in [0.15, 0.2) is 0 Å². The Morgan fingerprint density at radius 3 is 3.17 bits per heavy atom. The summed E-state index contributed by atoms with van der Waals surface area (Å²) >= 11 is 0. The van der Waals surface area contributed by atoms with Crippen LogP contribution in [0.5, 0.6) is 6.01 Å². The second kappa shape index (κ2) is 4.96. The number of rotatable bonds is 3. The number of fused-ring (bicyclic) bond motifs is 1. The van der Waals surface area contributed by atoms with Crippen molar-refractivity contribution in [3.8, 4) is 6.01 Å². The zero-order valence-electron chi connectivity index (χ0n) is 10.4. The maximum absolute atomic E-state index is 5.75. The third-order valence-corrected chi connectivity index (χ3v) is 3.15. The number of nitrogens with one attached hydrogen (secondary N) is 1. The molecule has 1 saturated heterocycles. The summed E-state index contributed by atoms with van der Waals surface area (Å²) in [5.41, 5.74) is 2.04. The number of benzene rings is 1. The van der Waals surface area contributed by atoms with Gasteiger partial charge in [-0.25, -0.2) is 0 Å². The summed E-state index contributed by atoms with van der Waals surface area (Å²) in [4.78, 5) is 4.46. The number of aryl methyl sites for hydroxylation is 1. The van der Waals surface area contributed by atoms with Crippen molar-refractivity contribution >= 4 is 11.0 Å². The number of para-hydroxylation sites is 2. The highest BCUT2D eigenvalue weighted by atomic mass is 16.5. The van der Waals surface area contributed by atoms with Crippen molar-refractivity contribution in [1.29, 1.82) is 0 Å². The van der Waals surface area contributed by atoms with Crippen LogP contribution in [0, 0.1) is 0 Å². The first-order valence-corrected chi connectivity index (χ1v) is 6.21. The molecule has 0 bridgehead atoms. The summed E-state index contributed by atoms with van der Waals surface area (Å²) in [6.45, 7) is 3.04. The Morgan fingerprint density at radius 2 is 2.39 bits per heavy atom. The van der Waals surface area contributed by atoms with Gasteiger partial charge in [0, 0.05) is 20.1 Å². The van der Waals surface area contributed by atoms with E-state index in [1.807, 2.05) is 35.9 Å². The standard InChI is InChI=1S/C13H17N3O2/c1-16-12-5-3-2-4-11(12)15-13(16)18-9-10-8-14-6-7-17-10/h2-5,10,14H,6-9H2,1H3. The molecular weight excluding hydrogens is 230 g/mol. The van der Waals surface area contributed by atoms with Crippen molar-refractivity contribution < 1.29 is 9.47 Å². The van der Waals surface area contributed by atoms with Crippen molar-refractivity contribution in [2.75, 3.05) is 26.3 Å². The number of ether oxygens (including phenoxy) is 2. The minimum absolute atomic E-state index is 0.110. The Balaban J connectivity index is 1.72. The van der Waals surface area contributed by atoms with Gasteiger partial charge in [0.2, 0.25) is 0 Å². The van der Waals surface area contributed by atoms with Gasteiger partial charge in [-0.3, -0.25) is 4.57 Å². The number of hydrogen-bond donors (Lipinski definition) is 1. The molecule has 1 aliphatic rings. The first-order valence-electron chi connectivity index (χ1n) is 6.21. The average molecular weight is 247 g/mol. The highest BCUT2D eigenvalue weighted by molar-refractivity contribution is 5.76. The smallest absolute Gasteiger partial charge is 0.297 e. The van der Waals surface area contributed by atoms with Crippen molar-refractivity contribution in [2.24, 2.45) is 7.05 Å². The fraction of sp³-hybridized carbons (Fsp3) is 0.462. The highest BCUT2D eigenvalue weighted by Gasteiger charge is 2.16. The zero-order chi connectivity index (χ0) is 12.4. The number of nitrogens with zero attached hydrogens (tertiary/aromatic N) is 2. The van der Waals surface area contributed by atoms with E-state index in [4.69, 9.17) is 9.47 Å². The van der Waals surface area contributed by atoms with Crippen molar-refractivity contribution in [3.63, 3.8) is 0 Å². The van der Waals surface area contributed by atoms with Gasteiger partial charge in [-0.1, -0.05) is 12.1 Å². The molecule has 1 aromatic carbocycles. The molecule has 0 radical (unpaired) electrons. The van der Waals surface area contributed by atoms with Crippen LogP contribution in [-0.2, 0) is 11.8 Å². The van der Waals surface area contributed by atoms with E-state index in [0.717, 1.165) is 30.7 Å². The summed E-state index contributed by atoms with van der Waals surface area (Å²) in [6, 6.07) is 8.65. The summed E-state index contributed by atoms with van der Waals surface area (Å²) in [6.07, 6.45) is 0.110. The van der Waals surface area contributed by atoms with Gasteiger partial charge in [0.05, 0.1) is 17.6 Å². The monoisotopic (exact) mass is 247 g/mol. The Morgan fingerprint density at radius 1 is 1.50 bits per heavy atom. The molecule has 5 heteroatoms. The lowest BCUT2D eigenvalue weighted by Crippen LogP contribution is -2.41. The minimum atomic E-state index is 0.110. The van der Waals surface area contributed by atoms with E-state index in [1.165, 1.54) is 0 Å². The van der Waals surface area contributed by atoms with E-state index in [-0.39, 0.29) is 6.10 Å². The molecule has 1 unspecified atom stereocenters. The Labute approximate surface area is 106 Å². The van der Waals surface area contributed by atoms with Gasteiger partial charge in [0.1, 0.15) is 12.7 Å². The maximum atomic E-state index is 5.75. The van der Waals surface area contributed by atoms with Crippen LogP contribution in [0.3, 0.4) is 0 Å². The van der Waals surface area contributed by atoms with Crippen molar-refractivity contribution in [2.45, 2.75) is 6.10 Å². The van der Waals surface area contributed by atoms with Crippen LogP contribution in [0.4, 0.5) is 0 Å². The predicted octanol–water partition coefficient (Wildman–Crippen LogP) is 0.940. The SMILES string of the molecule is Cn1c(OCC2CNCCO2)nc2ccccc21. The minimum Gasteiger partial charge on any atom is -0.462 e. The number of morpholine rings is 1. The summed E-state index contributed by atoms with van der Waals surface area (Å²) < 4.78 is 13.3. The Kier molecular flexibility index (Phi) is 3.17. The third-order valence-electron chi connectivity index (χ3n) is 3.15. The molecule has 3 rings (SSSR count). The van der Waals surface area contributed by atoms with Crippen LogP contribution < -0.4 is 10.1 Å². The fourth-order valence-electron chi connectivity index (χ4n) is 2.15. The number of hydrogen-bond acceptors (Lipinski definition) is 4. The van der Waals surface area contributed by atoms with Crippen LogP contribution >= 0.6 is 0 Å². The van der Waals surface area contributed by atoms with E-state index in [9.17, 15) is 0 Å². The van der Waals surface area contributed by atoms with Gasteiger partial charge in [-0.05, 0) is 12.1 Å². The largest absolute Gasteiger partial charge is 0.462 e. The van der Waals surface area contributed by atoms with Crippen LogP contribution in [0.1, 0.15) is 0 Å². The second-order valence-electron chi connectivity index (χ2n) is 4.45. The Bertz CT molecular complexity index is 532. The molecule has 1 atom stereocenters. The van der Waals surface area contributed by atoms with Gasteiger partial charge in [-0.2, -0.15) is 4.98 Å². The molecule has 1 aliphatic heterocycles. The van der Waals surface area contributed by atoms with Gasteiger partial charge >= 0.3 is 0 Å². The van der Waals surface area contributed by atoms with Crippen molar-refractivity contribution in [1.82, 2.24) is 14.9 Å². The predicted molar refractivity (Wildman–Crippen MR) is 68.8 cm³/mol. The van der Waals surface area contributed by atoms with E-state index < -0.39 is 0 Å². The van der Waals surface area contributed by atoms with Crippen LogP contribution in [0.2, 0.25) is 0 Å². The second-order valence-corrected chi connectivity index (χ2v) is 4.45. The van der Waals surface area contributed by atoms with E-state index in [2.05, 4.69) is 10.3 Å². The lowest BCUT2D eigenvalue weighted by atomic mass is 10.3. The number of aromatic nitrogens is 2. The number of imidazole rings is 1. The molecule has 0 aliphatic carbocycles. The molecule has 96 valence electrons. The van der Waals surface area contributed by atoms with Gasteiger partial charge in [0.25, 0.3) is 6.01 Å². The first-order chi connectivity index (χ1) is 8.84. The fourth-order valence-corrected chi connectivity index (χ4v) is 2.15. The lowest BCUT2D eigenvalue weighted by molar-refractivity contribution is -0.00225. The molecular formula is C13H17N3O2. The summed E-state index contributed by atoms with van der Waals surface area (Å²) in [5.74, 6) is 0. The molecule has 0 saturated carbocycles. The van der Waals surface area contributed by atoms with Crippen LogP contribution in [0.25, 0.3) is 11.0 Å². The van der Waals surface area contributed by atoms with Crippen LogP contribution in [-0.4, -0.2) is 42.0 Å². The maximum Gasteiger partial charge on any atom is 0.297 e. The van der Waals surface area contributed by atoms with Gasteiger partial charge < -0.3 is 14.8 Å². The lowest BCUT2D eigenvalue weighted by Gasteiger charge is -2.23. The zero-order valence-corrected chi connectivity index (χ0v) is 10.4. The molecule has 1 aromatic heterocycles. The van der Waals surface area contributed by atoms with E-state index >= 15 is 0 Å². The summed E-state index contributed by atoms with van der Waals surface area (Å²) in [7, 11) is 1.96. The average Bonchev–Trinajstić information content (AvgIpc) is 2.75. The van der Waals surface area contributed by atoms with E-state index in [1.54, 1.807) is 0 Å². The molecule has 2 aromatic rings. The molecule has 5 nitrogen and oxygen atoms in total. The molecule has 18 heavy (non-hydrogen) atoms. The molecule has 1 fully saturated rings. The normalized spacial score (nSPS) is 20.2. The quantitative estimate of drug-likeness (QED) is 0.877. The van der Waals surface area contributed by atoms with E-state index in [0.29, 0.717) is 12.6 Å². The summed E-state index contributed by atoms with van der Waals surface area (Å²) in [5, 5.41) is 3.28. The van der Waals surface area contributed by atoms with Crippen LogP contribution in [0.15, 0.2) is 24.3 Å². The molecule has 1 N–H and O–H groups in total. The highest BCUT2D eigenvalue weighted by Crippen LogP contribution is 2.19. The first kappa shape index (κ1) is 11.5. The topological polar surface area (TPSA) is 48.3 Å². The molecule has 2 heterocycles. The third kappa shape index (κ3) is 2.19. The van der Waals surface area contributed by atoms with Crippen molar-refractivity contribution in [3.05, 3.63) is 24.3 Å². The van der Waals surface area contributed by atoms with Gasteiger partial charge in [-0.15, -0.1) is 0 Å².